The first-order chi connectivity index (χ1) is 8.61. The van der Waals surface area contributed by atoms with E-state index in [-0.39, 0.29) is 5.91 Å². The lowest BCUT2D eigenvalue weighted by molar-refractivity contribution is 0.0914. The molecule has 1 aromatic rings. The maximum absolute atomic E-state index is 12.0. The van der Waals surface area contributed by atoms with Crippen molar-refractivity contribution < 1.29 is 9.21 Å². The Morgan fingerprint density at radius 2 is 2.17 bits per heavy atom. The predicted octanol–water partition coefficient (Wildman–Crippen LogP) is 2.68. The molecule has 4 nitrogen and oxygen atoms in total. The van der Waals surface area contributed by atoms with Crippen LogP contribution >= 0.6 is 11.6 Å². The lowest BCUT2D eigenvalue weighted by Crippen LogP contribution is -2.31. The zero-order chi connectivity index (χ0) is 13.1. The van der Waals surface area contributed by atoms with Crippen molar-refractivity contribution in [3.05, 3.63) is 17.3 Å². The second-order valence-electron chi connectivity index (χ2n) is 4.96. The number of rotatable bonds is 4. The Hall–Kier alpha value is -1.03. The number of nitrogens with one attached hydrogen (secondary N) is 1. The van der Waals surface area contributed by atoms with Crippen LogP contribution in [0.4, 0.5) is 0 Å². The number of halogens is 1. The fourth-order valence-electron chi connectivity index (χ4n) is 2.63. The average molecular weight is 271 g/mol. The molecule has 0 saturated heterocycles. The van der Waals surface area contributed by atoms with Crippen molar-refractivity contribution in [2.24, 2.45) is 11.8 Å². The largest absolute Gasteiger partial charge is 0.436 e. The van der Waals surface area contributed by atoms with Gasteiger partial charge in [-0.3, -0.25) is 4.79 Å². The highest BCUT2D eigenvalue weighted by Gasteiger charge is 2.27. The molecule has 1 aromatic heterocycles. The lowest BCUT2D eigenvalue weighted by Gasteiger charge is -2.17. The smallest absolute Gasteiger partial charge is 0.289 e. The van der Waals surface area contributed by atoms with E-state index in [1.54, 1.807) is 13.8 Å². The molecule has 0 aliphatic heterocycles. The summed E-state index contributed by atoms with van der Waals surface area (Å²) in [5.74, 6) is 2.39. The number of alkyl halides is 1. The Kier molecular flexibility index (Phi) is 4.27. The number of oxazole rings is 1. The summed E-state index contributed by atoms with van der Waals surface area (Å²) in [6.07, 6.45) is 3.52. The molecule has 1 N–H and O–H groups in total. The number of carbonyl (C=O) groups is 1. The van der Waals surface area contributed by atoms with Gasteiger partial charge in [0, 0.05) is 19.3 Å². The first-order valence-corrected chi connectivity index (χ1v) is 6.93. The van der Waals surface area contributed by atoms with Crippen molar-refractivity contribution in [3.63, 3.8) is 0 Å². The van der Waals surface area contributed by atoms with Crippen molar-refractivity contribution >= 4 is 17.5 Å². The van der Waals surface area contributed by atoms with E-state index >= 15 is 0 Å². The fraction of sp³-hybridized carbons (Fsp3) is 0.692. The minimum Gasteiger partial charge on any atom is -0.436 e. The molecule has 100 valence electrons. The van der Waals surface area contributed by atoms with Crippen LogP contribution in [-0.4, -0.2) is 23.3 Å². The highest BCUT2D eigenvalue weighted by molar-refractivity contribution is 6.18. The summed E-state index contributed by atoms with van der Waals surface area (Å²) in [6, 6.07) is 0. The molecule has 2 rings (SSSR count). The number of amides is 1. The van der Waals surface area contributed by atoms with Gasteiger partial charge in [0.05, 0.1) is 5.69 Å². The van der Waals surface area contributed by atoms with Crippen molar-refractivity contribution in [1.82, 2.24) is 10.3 Å². The van der Waals surface area contributed by atoms with Crippen LogP contribution in [0, 0.1) is 25.7 Å². The van der Waals surface area contributed by atoms with E-state index in [1.807, 2.05) is 0 Å². The van der Waals surface area contributed by atoms with Gasteiger partial charge in [-0.25, -0.2) is 4.98 Å². The molecule has 1 amide bonds. The molecule has 0 spiro atoms. The second-order valence-corrected chi connectivity index (χ2v) is 5.27. The SMILES string of the molecule is Cc1nc(C)c(C(=O)NCC2CCCC2CCl)o1. The number of aromatic nitrogens is 1. The van der Waals surface area contributed by atoms with Crippen LogP contribution in [0.25, 0.3) is 0 Å². The minimum atomic E-state index is -0.173. The van der Waals surface area contributed by atoms with Crippen LogP contribution in [0.5, 0.6) is 0 Å². The molecule has 1 saturated carbocycles. The van der Waals surface area contributed by atoms with E-state index in [2.05, 4.69) is 10.3 Å². The summed E-state index contributed by atoms with van der Waals surface area (Å²) in [4.78, 5) is 16.0. The van der Waals surface area contributed by atoms with Gasteiger partial charge in [0.1, 0.15) is 0 Å². The molecule has 1 heterocycles. The third-order valence-electron chi connectivity index (χ3n) is 3.65. The topological polar surface area (TPSA) is 55.1 Å². The van der Waals surface area contributed by atoms with Crippen LogP contribution in [0.2, 0.25) is 0 Å². The lowest BCUT2D eigenvalue weighted by atomic mass is 9.98. The second kappa shape index (κ2) is 5.74. The summed E-state index contributed by atoms with van der Waals surface area (Å²) in [6.45, 7) is 4.20. The van der Waals surface area contributed by atoms with Crippen molar-refractivity contribution in [2.75, 3.05) is 12.4 Å². The highest BCUT2D eigenvalue weighted by Crippen LogP contribution is 2.32. The Balaban J connectivity index is 1.90. The van der Waals surface area contributed by atoms with Gasteiger partial charge in [-0.15, -0.1) is 11.6 Å². The molecular weight excluding hydrogens is 252 g/mol. The van der Waals surface area contributed by atoms with Gasteiger partial charge in [0.15, 0.2) is 5.89 Å². The zero-order valence-electron chi connectivity index (χ0n) is 10.8. The van der Waals surface area contributed by atoms with Crippen LogP contribution in [-0.2, 0) is 0 Å². The van der Waals surface area contributed by atoms with Crippen LogP contribution in [0.3, 0.4) is 0 Å². The zero-order valence-corrected chi connectivity index (χ0v) is 11.6. The minimum absolute atomic E-state index is 0.173. The summed E-state index contributed by atoms with van der Waals surface area (Å²) < 4.78 is 5.30. The normalized spacial score (nSPS) is 23.3. The summed E-state index contributed by atoms with van der Waals surface area (Å²) in [5.41, 5.74) is 0.644. The monoisotopic (exact) mass is 270 g/mol. The van der Waals surface area contributed by atoms with Gasteiger partial charge in [-0.1, -0.05) is 6.42 Å². The Labute approximate surface area is 112 Å². The van der Waals surface area contributed by atoms with Crippen LogP contribution in [0.15, 0.2) is 4.42 Å². The fourth-order valence-corrected chi connectivity index (χ4v) is 3.04. The van der Waals surface area contributed by atoms with E-state index in [1.165, 1.54) is 12.8 Å². The third-order valence-corrected chi connectivity index (χ3v) is 4.05. The van der Waals surface area contributed by atoms with E-state index in [9.17, 15) is 4.79 Å². The Morgan fingerprint density at radius 3 is 2.78 bits per heavy atom. The van der Waals surface area contributed by atoms with Gasteiger partial charge in [-0.05, 0) is 31.6 Å². The number of hydrogen-bond donors (Lipinski definition) is 1. The van der Waals surface area contributed by atoms with E-state index in [0.717, 1.165) is 6.42 Å². The van der Waals surface area contributed by atoms with E-state index in [0.29, 0.717) is 41.6 Å². The predicted molar refractivity (Wildman–Crippen MR) is 69.9 cm³/mol. The molecule has 1 aliphatic carbocycles. The highest BCUT2D eigenvalue weighted by atomic mass is 35.5. The first kappa shape index (κ1) is 13.4. The third kappa shape index (κ3) is 2.86. The molecule has 5 heteroatoms. The molecule has 18 heavy (non-hydrogen) atoms. The molecule has 0 aromatic carbocycles. The van der Waals surface area contributed by atoms with Crippen LogP contribution in [0.1, 0.15) is 41.4 Å². The first-order valence-electron chi connectivity index (χ1n) is 6.40. The standard InChI is InChI=1S/C13H19ClN2O2/c1-8-12(18-9(2)16-8)13(17)15-7-11-5-3-4-10(11)6-14/h10-11H,3-7H2,1-2H3,(H,15,17). The van der Waals surface area contributed by atoms with Gasteiger partial charge in [0.2, 0.25) is 5.76 Å². The molecule has 0 radical (unpaired) electrons. The quantitative estimate of drug-likeness (QED) is 0.856. The van der Waals surface area contributed by atoms with E-state index < -0.39 is 0 Å². The summed E-state index contributed by atoms with van der Waals surface area (Å²) in [7, 11) is 0. The molecule has 2 unspecified atom stereocenters. The van der Waals surface area contributed by atoms with Gasteiger partial charge >= 0.3 is 0 Å². The number of carbonyl (C=O) groups excluding carboxylic acids is 1. The molecular formula is C13H19ClN2O2. The van der Waals surface area contributed by atoms with Crippen LogP contribution < -0.4 is 5.32 Å². The maximum Gasteiger partial charge on any atom is 0.289 e. The molecule has 1 aliphatic rings. The summed E-state index contributed by atoms with van der Waals surface area (Å²) >= 11 is 5.92. The van der Waals surface area contributed by atoms with Gasteiger partial charge < -0.3 is 9.73 Å². The molecule has 2 atom stereocenters. The van der Waals surface area contributed by atoms with Gasteiger partial charge in [0.25, 0.3) is 5.91 Å². The summed E-state index contributed by atoms with van der Waals surface area (Å²) in [5, 5.41) is 2.93. The Morgan fingerprint density at radius 1 is 1.44 bits per heavy atom. The van der Waals surface area contributed by atoms with Gasteiger partial charge in [-0.2, -0.15) is 0 Å². The van der Waals surface area contributed by atoms with Crippen molar-refractivity contribution in [2.45, 2.75) is 33.1 Å². The Bertz CT molecular complexity index is 431. The molecule has 0 bridgehead atoms. The van der Waals surface area contributed by atoms with E-state index in [4.69, 9.17) is 16.0 Å². The maximum atomic E-state index is 12.0. The number of hydrogen-bond acceptors (Lipinski definition) is 3. The average Bonchev–Trinajstić information content (AvgIpc) is 2.92. The van der Waals surface area contributed by atoms with Crippen molar-refractivity contribution in [1.29, 1.82) is 0 Å². The van der Waals surface area contributed by atoms with Crippen molar-refractivity contribution in [3.8, 4) is 0 Å². The molecule has 1 fully saturated rings. The number of nitrogens with zero attached hydrogens (tertiary/aromatic N) is 1. The number of aryl methyl sites for hydroxylation is 2.